The van der Waals surface area contributed by atoms with Crippen molar-refractivity contribution < 1.29 is 22.4 Å². The van der Waals surface area contributed by atoms with E-state index in [1.165, 1.54) is 6.07 Å². The van der Waals surface area contributed by atoms with Gasteiger partial charge in [-0.25, -0.2) is 4.98 Å². The number of oxazole rings is 1. The lowest BCUT2D eigenvalue weighted by Crippen LogP contribution is -2.52. The molecule has 2 atom stereocenters. The highest BCUT2D eigenvalue weighted by atomic mass is 32.2. The van der Waals surface area contributed by atoms with Gasteiger partial charge < -0.3 is 15.1 Å². The lowest BCUT2D eigenvalue weighted by molar-refractivity contribution is -0.124. The molecule has 2 N–H and O–H groups in total. The van der Waals surface area contributed by atoms with Crippen LogP contribution in [0.4, 0.5) is 0 Å². The Morgan fingerprint density at radius 1 is 1.05 bits per heavy atom. The van der Waals surface area contributed by atoms with Gasteiger partial charge in [0.1, 0.15) is 22.3 Å². The van der Waals surface area contributed by atoms with Gasteiger partial charge in [0, 0.05) is 5.56 Å². The maximum Gasteiger partial charge on any atom is 0.285 e. The first-order valence-corrected chi connectivity index (χ1v) is 14.0. The summed E-state index contributed by atoms with van der Waals surface area (Å²) in [4.78, 5) is 31.2. The molecule has 1 aliphatic carbocycles. The van der Waals surface area contributed by atoms with Crippen LogP contribution in [0.2, 0.25) is 0 Å². The van der Waals surface area contributed by atoms with E-state index < -0.39 is 33.8 Å². The highest BCUT2D eigenvalue weighted by molar-refractivity contribution is 7.90. The lowest BCUT2D eigenvalue weighted by atomic mass is 9.81. The van der Waals surface area contributed by atoms with E-state index in [1.54, 1.807) is 43.3 Å². The molecule has 2 heterocycles. The Labute approximate surface area is 215 Å². The van der Waals surface area contributed by atoms with Crippen LogP contribution in [0.1, 0.15) is 68.6 Å². The van der Waals surface area contributed by atoms with Gasteiger partial charge in [-0.15, -0.1) is 4.40 Å². The first-order chi connectivity index (χ1) is 17.7. The highest BCUT2D eigenvalue weighted by Crippen LogP contribution is 2.41. The van der Waals surface area contributed by atoms with E-state index in [9.17, 15) is 18.0 Å². The van der Waals surface area contributed by atoms with Crippen molar-refractivity contribution in [1.29, 1.82) is 0 Å². The number of amidine groups is 1. The van der Waals surface area contributed by atoms with Gasteiger partial charge >= 0.3 is 0 Å². The molecule has 1 saturated carbocycles. The van der Waals surface area contributed by atoms with Gasteiger partial charge in [0.2, 0.25) is 11.7 Å². The zero-order chi connectivity index (χ0) is 26.2. The van der Waals surface area contributed by atoms with Gasteiger partial charge in [0.15, 0.2) is 5.58 Å². The molecule has 5 rings (SSSR count). The molecule has 0 radical (unpaired) electrons. The van der Waals surface area contributed by atoms with Crippen molar-refractivity contribution in [3.63, 3.8) is 0 Å². The van der Waals surface area contributed by atoms with Crippen molar-refractivity contribution >= 4 is 38.6 Å². The maximum atomic E-state index is 13.6. The van der Waals surface area contributed by atoms with Gasteiger partial charge in [0.25, 0.3) is 15.9 Å². The number of Topliss-reactive ketones (excluding diaryl/α,β-unsaturated/α-hetero) is 1. The summed E-state index contributed by atoms with van der Waals surface area (Å²) < 4.78 is 34.7. The number of carbonyl (C=O) groups excluding carboxylic acids is 2. The van der Waals surface area contributed by atoms with Gasteiger partial charge in [-0.2, -0.15) is 8.42 Å². The van der Waals surface area contributed by atoms with Gasteiger partial charge in [0.05, 0.1) is 6.04 Å². The minimum atomic E-state index is -3.84. The van der Waals surface area contributed by atoms with Crippen LogP contribution in [0.25, 0.3) is 11.1 Å². The lowest BCUT2D eigenvalue weighted by Gasteiger charge is -2.30. The molecule has 0 spiro atoms. The average Bonchev–Trinajstić information content (AvgIpc) is 3.58. The third-order valence-corrected chi connectivity index (χ3v) is 8.65. The Morgan fingerprint density at radius 2 is 1.76 bits per heavy atom. The monoisotopic (exact) mass is 522 g/mol. The molecule has 3 aromatic rings. The van der Waals surface area contributed by atoms with E-state index >= 15 is 0 Å². The van der Waals surface area contributed by atoms with Crippen LogP contribution in [-0.4, -0.2) is 43.0 Å². The Morgan fingerprint density at radius 3 is 2.49 bits per heavy atom. The molecule has 0 bridgehead atoms. The zero-order valence-corrected chi connectivity index (χ0v) is 21.7. The van der Waals surface area contributed by atoms with E-state index in [4.69, 9.17) is 4.42 Å². The van der Waals surface area contributed by atoms with Crippen LogP contribution >= 0.6 is 0 Å². The Hall–Kier alpha value is -3.53. The van der Waals surface area contributed by atoms with Gasteiger partial charge in [-0.05, 0) is 55.4 Å². The fourth-order valence-electron chi connectivity index (χ4n) is 5.26. The molecular weight excluding hydrogens is 492 g/mol. The fraction of sp³-hybridized carbons (Fsp3) is 0.407. The number of fused-ring (bicyclic) bond motifs is 2. The molecule has 2 aliphatic rings. The number of hydrogen-bond acceptors (Lipinski definition) is 7. The summed E-state index contributed by atoms with van der Waals surface area (Å²) in [6.45, 7) is 3.94. The highest BCUT2D eigenvalue weighted by Gasteiger charge is 2.38. The predicted molar refractivity (Wildman–Crippen MR) is 139 cm³/mol. The second kappa shape index (κ2) is 9.74. The first kappa shape index (κ1) is 25.1. The minimum Gasteiger partial charge on any atom is -0.434 e. The van der Waals surface area contributed by atoms with E-state index in [0.717, 1.165) is 25.7 Å². The number of sulfonamides is 1. The first-order valence-electron chi connectivity index (χ1n) is 12.6. The summed E-state index contributed by atoms with van der Waals surface area (Å²) >= 11 is 0. The summed E-state index contributed by atoms with van der Waals surface area (Å²) in [5, 5.41) is 5.98. The standard InChI is InChI=1S/C27H30N4O5S/c1-3-18(23(32)26-30-19-11-5-6-12-21(19)36-26)29-25(33)20(16-27(2)14-8-9-15-27)28-24-17-10-4-7-13-22(17)37(34,35)31-24/h4-7,10-13,18,20H,3,8-9,14-16H2,1-2H3,(H,28,31)(H,29,33)/t18-,20-/m0/s1. The molecule has 9 nitrogen and oxygen atoms in total. The fourth-order valence-corrected chi connectivity index (χ4v) is 6.44. The van der Waals surface area contributed by atoms with Crippen LogP contribution in [0.5, 0.6) is 0 Å². The van der Waals surface area contributed by atoms with Crippen LogP contribution in [0.15, 0.2) is 62.2 Å². The van der Waals surface area contributed by atoms with E-state index in [1.807, 2.05) is 6.07 Å². The third kappa shape index (κ3) is 5.02. The smallest absolute Gasteiger partial charge is 0.285 e. The molecule has 2 aromatic carbocycles. The van der Waals surface area contributed by atoms with Crippen molar-refractivity contribution in [1.82, 2.24) is 15.6 Å². The molecule has 1 aromatic heterocycles. The summed E-state index contributed by atoms with van der Waals surface area (Å²) in [5.41, 5.74) is 1.42. The Bertz CT molecular complexity index is 1450. The summed E-state index contributed by atoms with van der Waals surface area (Å²) in [7, 11) is -3.84. The molecule has 0 unspecified atom stereocenters. The number of aromatic nitrogens is 1. The van der Waals surface area contributed by atoms with Crippen molar-refractivity contribution in [2.75, 3.05) is 0 Å². The molecular formula is C27H30N4O5S. The summed E-state index contributed by atoms with van der Waals surface area (Å²) in [6.07, 6.45) is 4.92. The van der Waals surface area contributed by atoms with Crippen molar-refractivity contribution in [2.24, 2.45) is 9.81 Å². The Balaban J connectivity index is 1.39. The molecule has 1 fully saturated rings. The van der Waals surface area contributed by atoms with Gasteiger partial charge in [-0.1, -0.05) is 51.0 Å². The number of nitrogens with one attached hydrogen (secondary N) is 2. The average molecular weight is 523 g/mol. The van der Waals surface area contributed by atoms with Gasteiger partial charge in [-0.3, -0.25) is 9.59 Å². The van der Waals surface area contributed by atoms with Crippen LogP contribution in [-0.2, 0) is 14.8 Å². The maximum absolute atomic E-state index is 13.6. The minimum absolute atomic E-state index is 0.0548. The number of rotatable bonds is 8. The van der Waals surface area contributed by atoms with Crippen molar-refractivity contribution in [2.45, 2.75) is 69.4 Å². The second-order valence-corrected chi connectivity index (χ2v) is 11.7. The molecule has 0 saturated heterocycles. The van der Waals surface area contributed by atoms with Crippen LogP contribution in [0.3, 0.4) is 0 Å². The SMILES string of the molecule is CC[C@H](NC(=O)[C@H](CC1(C)CCCC1)NC1=NS(=O)(=O)c2ccccc21)C(=O)c1nc2ccccc2o1. The number of hydrogen-bond donors (Lipinski definition) is 2. The number of para-hydroxylation sites is 2. The Kier molecular flexibility index (Phi) is 6.61. The number of ketones is 1. The molecule has 1 aliphatic heterocycles. The molecule has 194 valence electrons. The summed E-state index contributed by atoms with van der Waals surface area (Å²) in [6, 6.07) is 12.0. The zero-order valence-electron chi connectivity index (χ0n) is 20.9. The van der Waals surface area contributed by atoms with Crippen LogP contribution < -0.4 is 10.6 Å². The largest absolute Gasteiger partial charge is 0.434 e. The third-order valence-electron chi connectivity index (χ3n) is 7.31. The normalized spacial score (nSPS) is 19.1. The van der Waals surface area contributed by atoms with E-state index in [2.05, 4.69) is 26.9 Å². The predicted octanol–water partition coefficient (Wildman–Crippen LogP) is 3.98. The number of amides is 1. The second-order valence-electron chi connectivity index (χ2n) is 10.2. The topological polar surface area (TPSA) is 131 Å². The van der Waals surface area contributed by atoms with Crippen molar-refractivity contribution in [3.8, 4) is 0 Å². The van der Waals surface area contributed by atoms with E-state index in [-0.39, 0.29) is 22.0 Å². The molecule has 1 amide bonds. The quantitative estimate of drug-likeness (QED) is 0.428. The number of carbonyl (C=O) groups is 2. The van der Waals surface area contributed by atoms with Crippen molar-refractivity contribution in [3.05, 3.63) is 60.0 Å². The number of nitrogens with zero attached hydrogens (tertiary/aromatic N) is 2. The number of benzene rings is 2. The summed E-state index contributed by atoms with van der Waals surface area (Å²) in [5.74, 6) is -0.714. The van der Waals surface area contributed by atoms with Crippen LogP contribution in [0, 0.1) is 5.41 Å². The van der Waals surface area contributed by atoms with E-state index in [0.29, 0.717) is 29.5 Å². The molecule has 37 heavy (non-hydrogen) atoms. The molecule has 10 heteroatoms.